The normalized spacial score (nSPS) is 9.67. The van der Waals surface area contributed by atoms with Gasteiger partial charge in [0.25, 0.3) is 5.69 Å². The molecule has 2 aromatic rings. The first-order valence-electron chi connectivity index (χ1n) is 6.01. The van der Waals surface area contributed by atoms with Gasteiger partial charge in [-0.2, -0.15) is 5.26 Å². The van der Waals surface area contributed by atoms with Gasteiger partial charge in [-0.1, -0.05) is 12.1 Å². The van der Waals surface area contributed by atoms with Gasteiger partial charge in [0.1, 0.15) is 6.61 Å². The molecule has 0 amide bonds. The summed E-state index contributed by atoms with van der Waals surface area (Å²) < 4.78 is 5.05. The van der Waals surface area contributed by atoms with Crippen molar-refractivity contribution in [2.24, 2.45) is 0 Å². The van der Waals surface area contributed by atoms with E-state index in [1.807, 2.05) is 6.07 Å². The van der Waals surface area contributed by atoms with E-state index in [4.69, 9.17) is 10.00 Å². The molecular weight excluding hydrogens is 272 g/mol. The number of carbonyl (C=O) groups excluding carboxylic acids is 1. The van der Waals surface area contributed by atoms with Crippen LogP contribution in [-0.4, -0.2) is 10.9 Å². The number of rotatable bonds is 4. The quantitative estimate of drug-likeness (QED) is 0.488. The fraction of sp³-hybridized carbons (Fsp3) is 0.0667. The van der Waals surface area contributed by atoms with Crippen molar-refractivity contribution in [2.45, 2.75) is 6.61 Å². The van der Waals surface area contributed by atoms with Crippen LogP contribution in [0.1, 0.15) is 21.5 Å². The Hall–Kier alpha value is -3.20. The largest absolute Gasteiger partial charge is 0.457 e. The van der Waals surface area contributed by atoms with E-state index < -0.39 is 10.9 Å². The molecule has 0 radical (unpaired) electrons. The number of benzene rings is 2. The van der Waals surface area contributed by atoms with Crippen molar-refractivity contribution in [3.05, 3.63) is 75.3 Å². The highest BCUT2D eigenvalue weighted by Crippen LogP contribution is 2.19. The van der Waals surface area contributed by atoms with Crippen molar-refractivity contribution in [1.82, 2.24) is 0 Å². The van der Waals surface area contributed by atoms with E-state index in [2.05, 4.69) is 0 Å². The number of hydrogen-bond donors (Lipinski definition) is 0. The summed E-state index contributed by atoms with van der Waals surface area (Å²) in [4.78, 5) is 22.1. The molecule has 0 N–H and O–H groups in total. The number of nitro benzene ring substituents is 1. The lowest BCUT2D eigenvalue weighted by Gasteiger charge is -2.05. The number of esters is 1. The van der Waals surface area contributed by atoms with Crippen LogP contribution in [0.2, 0.25) is 0 Å². The van der Waals surface area contributed by atoms with E-state index in [1.54, 1.807) is 12.1 Å². The molecule has 0 saturated heterocycles. The van der Waals surface area contributed by atoms with E-state index in [9.17, 15) is 14.9 Å². The maximum Gasteiger partial charge on any atom is 0.338 e. The molecule has 2 rings (SSSR count). The SMILES string of the molecule is N#Cc1ccc(C(=O)OCc2ccccc2[N+](=O)[O-])cc1. The fourth-order valence-corrected chi connectivity index (χ4v) is 1.72. The van der Waals surface area contributed by atoms with Crippen molar-refractivity contribution in [2.75, 3.05) is 0 Å². The lowest BCUT2D eigenvalue weighted by Crippen LogP contribution is -2.06. The molecule has 0 bridgehead atoms. The molecular formula is C15H10N2O4. The summed E-state index contributed by atoms with van der Waals surface area (Å²) in [6.07, 6.45) is 0. The first-order valence-corrected chi connectivity index (χ1v) is 6.01. The number of hydrogen-bond acceptors (Lipinski definition) is 5. The third-order valence-corrected chi connectivity index (χ3v) is 2.80. The molecule has 0 aliphatic rings. The number of para-hydroxylation sites is 1. The molecule has 0 spiro atoms. The second-order valence-electron chi connectivity index (χ2n) is 4.15. The van der Waals surface area contributed by atoms with Crippen molar-refractivity contribution in [3.63, 3.8) is 0 Å². The van der Waals surface area contributed by atoms with Crippen LogP contribution in [-0.2, 0) is 11.3 Å². The molecule has 0 atom stereocenters. The molecule has 0 heterocycles. The molecule has 0 aliphatic carbocycles. The average molecular weight is 282 g/mol. The van der Waals surface area contributed by atoms with Crippen LogP contribution in [0, 0.1) is 21.4 Å². The van der Waals surface area contributed by atoms with Gasteiger partial charge >= 0.3 is 5.97 Å². The predicted molar refractivity (Wildman–Crippen MR) is 73.4 cm³/mol. The Balaban J connectivity index is 2.07. The van der Waals surface area contributed by atoms with Gasteiger partial charge in [0.05, 0.1) is 27.7 Å². The van der Waals surface area contributed by atoms with E-state index >= 15 is 0 Å². The van der Waals surface area contributed by atoms with Gasteiger partial charge in [-0.25, -0.2) is 4.79 Å². The van der Waals surface area contributed by atoms with Crippen LogP contribution in [0.3, 0.4) is 0 Å². The van der Waals surface area contributed by atoms with Gasteiger partial charge in [0.15, 0.2) is 0 Å². The van der Waals surface area contributed by atoms with E-state index in [0.717, 1.165) is 0 Å². The highest BCUT2D eigenvalue weighted by molar-refractivity contribution is 5.89. The summed E-state index contributed by atoms with van der Waals surface area (Å²) in [5.74, 6) is -0.599. The van der Waals surface area contributed by atoms with Crippen molar-refractivity contribution < 1.29 is 14.5 Å². The standard InChI is InChI=1S/C15H10N2O4/c16-9-11-5-7-12(8-6-11)15(18)21-10-13-3-1-2-4-14(13)17(19)20/h1-8H,10H2. The second-order valence-corrected chi connectivity index (χ2v) is 4.15. The molecule has 0 unspecified atom stereocenters. The lowest BCUT2D eigenvalue weighted by atomic mass is 10.1. The number of nitrogens with zero attached hydrogens (tertiary/aromatic N) is 2. The van der Waals surface area contributed by atoms with Gasteiger partial charge < -0.3 is 4.74 Å². The van der Waals surface area contributed by atoms with Crippen LogP contribution in [0.4, 0.5) is 5.69 Å². The molecule has 0 aliphatic heterocycles. The molecule has 0 aromatic heterocycles. The summed E-state index contributed by atoms with van der Waals surface area (Å²) in [6.45, 7) is -0.185. The summed E-state index contributed by atoms with van der Waals surface area (Å²) in [5, 5.41) is 19.5. The maximum absolute atomic E-state index is 11.8. The van der Waals surface area contributed by atoms with Crippen molar-refractivity contribution in [3.8, 4) is 6.07 Å². The topological polar surface area (TPSA) is 93.2 Å². The van der Waals surface area contributed by atoms with Gasteiger partial charge in [-0.3, -0.25) is 10.1 Å². The van der Waals surface area contributed by atoms with E-state index in [0.29, 0.717) is 11.1 Å². The fourth-order valence-electron chi connectivity index (χ4n) is 1.72. The van der Waals surface area contributed by atoms with Crippen LogP contribution in [0.25, 0.3) is 0 Å². The zero-order chi connectivity index (χ0) is 15.2. The third kappa shape index (κ3) is 3.42. The molecule has 0 fully saturated rings. The Kier molecular flexibility index (Phi) is 4.26. The zero-order valence-electron chi connectivity index (χ0n) is 10.9. The molecule has 0 saturated carbocycles. The Morgan fingerprint density at radius 2 is 1.86 bits per heavy atom. The van der Waals surface area contributed by atoms with Gasteiger partial charge in [0.2, 0.25) is 0 Å². The number of nitro groups is 1. The summed E-state index contributed by atoms with van der Waals surface area (Å²) in [5.41, 5.74) is 0.951. The minimum Gasteiger partial charge on any atom is -0.457 e. The van der Waals surface area contributed by atoms with Crippen molar-refractivity contribution >= 4 is 11.7 Å². The summed E-state index contributed by atoms with van der Waals surface area (Å²) in [6, 6.07) is 14.0. The Morgan fingerprint density at radius 1 is 1.19 bits per heavy atom. The minimum atomic E-state index is -0.599. The molecule has 2 aromatic carbocycles. The average Bonchev–Trinajstić information content (AvgIpc) is 2.52. The zero-order valence-corrected chi connectivity index (χ0v) is 10.9. The predicted octanol–water partition coefficient (Wildman–Crippen LogP) is 2.82. The van der Waals surface area contributed by atoms with Crippen LogP contribution >= 0.6 is 0 Å². The molecule has 6 nitrogen and oxygen atoms in total. The Morgan fingerprint density at radius 3 is 2.48 bits per heavy atom. The minimum absolute atomic E-state index is 0.0925. The molecule has 104 valence electrons. The Labute approximate surface area is 120 Å². The number of nitriles is 1. The van der Waals surface area contributed by atoms with Crippen LogP contribution in [0.15, 0.2) is 48.5 Å². The van der Waals surface area contributed by atoms with Gasteiger partial charge in [0, 0.05) is 6.07 Å². The van der Waals surface area contributed by atoms with E-state index in [1.165, 1.54) is 36.4 Å². The highest BCUT2D eigenvalue weighted by atomic mass is 16.6. The first-order chi connectivity index (χ1) is 10.1. The van der Waals surface area contributed by atoms with Crippen LogP contribution < -0.4 is 0 Å². The molecule has 6 heteroatoms. The number of carbonyl (C=O) groups is 1. The first kappa shape index (κ1) is 14.2. The van der Waals surface area contributed by atoms with Gasteiger partial charge in [-0.15, -0.1) is 0 Å². The van der Waals surface area contributed by atoms with E-state index in [-0.39, 0.29) is 17.9 Å². The third-order valence-electron chi connectivity index (χ3n) is 2.80. The second kappa shape index (κ2) is 6.30. The lowest BCUT2D eigenvalue weighted by molar-refractivity contribution is -0.385. The Bertz CT molecular complexity index is 717. The summed E-state index contributed by atoms with van der Waals surface area (Å²) in [7, 11) is 0. The number of ether oxygens (including phenoxy) is 1. The summed E-state index contributed by atoms with van der Waals surface area (Å²) >= 11 is 0. The monoisotopic (exact) mass is 282 g/mol. The molecule has 21 heavy (non-hydrogen) atoms. The maximum atomic E-state index is 11.8. The van der Waals surface area contributed by atoms with Crippen molar-refractivity contribution in [1.29, 1.82) is 5.26 Å². The highest BCUT2D eigenvalue weighted by Gasteiger charge is 2.14. The smallest absolute Gasteiger partial charge is 0.338 e. The van der Waals surface area contributed by atoms with Gasteiger partial charge in [-0.05, 0) is 30.3 Å². The van der Waals surface area contributed by atoms with Crippen LogP contribution in [0.5, 0.6) is 0 Å².